The first-order valence-electron chi connectivity index (χ1n) is 6.71. The predicted molar refractivity (Wildman–Crippen MR) is 81.9 cm³/mol. The molecule has 0 amide bonds. The second-order valence-corrected chi connectivity index (χ2v) is 5.65. The largest absolute Gasteiger partial charge is 0.507 e. The summed E-state index contributed by atoms with van der Waals surface area (Å²) in [6.07, 6.45) is 0. The quantitative estimate of drug-likeness (QED) is 0.880. The van der Waals surface area contributed by atoms with E-state index in [-0.39, 0.29) is 11.7 Å². The molecular weight excluding hydrogens is 268 g/mol. The molecule has 0 aliphatic heterocycles. The molecule has 2 aromatic carbocycles. The van der Waals surface area contributed by atoms with Crippen molar-refractivity contribution in [1.82, 2.24) is 0 Å². The summed E-state index contributed by atoms with van der Waals surface area (Å²) >= 11 is 0. The Morgan fingerprint density at radius 3 is 2.38 bits per heavy atom. The highest BCUT2D eigenvalue weighted by atomic mass is 16.5. The van der Waals surface area contributed by atoms with Gasteiger partial charge in [0.25, 0.3) is 0 Å². The van der Waals surface area contributed by atoms with Crippen LogP contribution < -0.4 is 4.74 Å². The zero-order valence-electron chi connectivity index (χ0n) is 13.0. The van der Waals surface area contributed by atoms with Crippen molar-refractivity contribution in [2.75, 3.05) is 14.2 Å². The number of ether oxygens (including phenoxy) is 2. The van der Waals surface area contributed by atoms with Gasteiger partial charge >= 0.3 is 5.97 Å². The molecule has 0 heterocycles. The number of aromatic hydroxyl groups is 1. The first kappa shape index (κ1) is 15.2. The fourth-order valence-corrected chi connectivity index (χ4v) is 2.43. The molecule has 4 nitrogen and oxygen atoms in total. The van der Waals surface area contributed by atoms with Gasteiger partial charge in [-0.25, -0.2) is 0 Å². The summed E-state index contributed by atoms with van der Waals surface area (Å²) < 4.78 is 10.2. The first-order valence-corrected chi connectivity index (χ1v) is 6.71. The van der Waals surface area contributed by atoms with Gasteiger partial charge in [-0.1, -0.05) is 0 Å². The average Bonchev–Trinajstić information content (AvgIpc) is 2.46. The number of fused-ring (bicyclic) bond motifs is 1. The first-order chi connectivity index (χ1) is 9.81. The van der Waals surface area contributed by atoms with Gasteiger partial charge in [0.05, 0.1) is 19.6 Å². The summed E-state index contributed by atoms with van der Waals surface area (Å²) in [6.45, 7) is 5.46. The Morgan fingerprint density at radius 2 is 1.81 bits per heavy atom. The van der Waals surface area contributed by atoms with Crippen molar-refractivity contribution in [2.24, 2.45) is 0 Å². The molecule has 0 aliphatic rings. The summed E-state index contributed by atoms with van der Waals surface area (Å²) in [5.41, 5.74) is 0.809. The normalized spacial score (nSPS) is 11.5. The fourth-order valence-electron chi connectivity index (χ4n) is 2.43. The van der Waals surface area contributed by atoms with Crippen LogP contribution in [0.1, 0.15) is 25.0 Å². The molecule has 2 rings (SSSR count). The SMILES string of the molecule is COC(=O)C(C)(C)c1cc(O)c2cc(C)c(OC)cc2c1. The van der Waals surface area contributed by atoms with E-state index in [1.165, 1.54) is 7.11 Å². The number of carbonyl (C=O) groups is 1. The molecule has 0 saturated carbocycles. The van der Waals surface area contributed by atoms with Crippen LogP contribution in [-0.2, 0) is 14.9 Å². The molecule has 0 radical (unpaired) electrons. The van der Waals surface area contributed by atoms with Crippen LogP contribution in [0.15, 0.2) is 24.3 Å². The number of rotatable bonds is 3. The second kappa shape index (κ2) is 5.28. The Labute approximate surface area is 124 Å². The van der Waals surface area contributed by atoms with E-state index in [0.29, 0.717) is 5.56 Å². The Kier molecular flexibility index (Phi) is 3.81. The van der Waals surface area contributed by atoms with Crippen molar-refractivity contribution in [3.8, 4) is 11.5 Å². The van der Waals surface area contributed by atoms with Crippen LogP contribution in [0, 0.1) is 6.92 Å². The highest BCUT2D eigenvalue weighted by Gasteiger charge is 2.31. The minimum atomic E-state index is -0.835. The third-order valence-electron chi connectivity index (χ3n) is 3.86. The van der Waals surface area contributed by atoms with Crippen molar-refractivity contribution >= 4 is 16.7 Å². The monoisotopic (exact) mass is 288 g/mol. The Balaban J connectivity index is 2.69. The maximum Gasteiger partial charge on any atom is 0.315 e. The van der Waals surface area contributed by atoms with Gasteiger partial charge in [0, 0.05) is 5.39 Å². The summed E-state index contributed by atoms with van der Waals surface area (Å²) in [5.74, 6) is 0.542. The van der Waals surface area contributed by atoms with Gasteiger partial charge in [-0.05, 0) is 61.5 Å². The average molecular weight is 288 g/mol. The lowest BCUT2D eigenvalue weighted by molar-refractivity contribution is -0.146. The van der Waals surface area contributed by atoms with E-state index in [4.69, 9.17) is 9.47 Å². The molecule has 0 fully saturated rings. The molecule has 0 aromatic heterocycles. The number of phenolic OH excluding ortho intramolecular Hbond substituents is 1. The van der Waals surface area contributed by atoms with E-state index < -0.39 is 5.41 Å². The maximum absolute atomic E-state index is 11.9. The molecule has 2 aromatic rings. The van der Waals surface area contributed by atoms with Gasteiger partial charge in [0.2, 0.25) is 0 Å². The lowest BCUT2D eigenvalue weighted by Crippen LogP contribution is -2.30. The molecule has 4 heteroatoms. The number of esters is 1. The molecule has 0 unspecified atom stereocenters. The molecular formula is C17H20O4. The summed E-state index contributed by atoms with van der Waals surface area (Å²) in [4.78, 5) is 11.9. The molecule has 0 atom stereocenters. The van der Waals surface area contributed by atoms with Crippen LogP contribution in [0.5, 0.6) is 11.5 Å². The van der Waals surface area contributed by atoms with Crippen molar-refractivity contribution in [1.29, 1.82) is 0 Å². The molecule has 0 saturated heterocycles. The zero-order valence-corrected chi connectivity index (χ0v) is 13.0. The van der Waals surface area contributed by atoms with Gasteiger partial charge < -0.3 is 14.6 Å². The highest BCUT2D eigenvalue weighted by molar-refractivity contribution is 5.93. The van der Waals surface area contributed by atoms with Crippen LogP contribution in [0.4, 0.5) is 0 Å². The Bertz CT molecular complexity index is 701. The number of aryl methyl sites for hydroxylation is 1. The molecule has 0 aliphatic carbocycles. The predicted octanol–water partition coefficient (Wildman–Crippen LogP) is 3.31. The van der Waals surface area contributed by atoms with E-state index in [2.05, 4.69) is 0 Å². The van der Waals surface area contributed by atoms with E-state index >= 15 is 0 Å². The van der Waals surface area contributed by atoms with Crippen molar-refractivity contribution in [2.45, 2.75) is 26.2 Å². The van der Waals surface area contributed by atoms with Gasteiger partial charge in [0.15, 0.2) is 0 Å². The standard InChI is InChI=1S/C17H20O4/c1-10-6-13-11(8-15(10)20-4)7-12(9-14(13)18)17(2,3)16(19)21-5/h6-9,18H,1-5H3. The molecule has 112 valence electrons. The highest BCUT2D eigenvalue weighted by Crippen LogP contribution is 2.36. The van der Waals surface area contributed by atoms with Crippen molar-refractivity contribution in [3.05, 3.63) is 35.4 Å². The number of benzene rings is 2. The lowest BCUT2D eigenvalue weighted by Gasteiger charge is -2.23. The maximum atomic E-state index is 11.9. The van der Waals surface area contributed by atoms with Gasteiger partial charge in [-0.3, -0.25) is 4.79 Å². The smallest absolute Gasteiger partial charge is 0.315 e. The Morgan fingerprint density at radius 1 is 1.14 bits per heavy atom. The topological polar surface area (TPSA) is 55.8 Å². The number of carbonyl (C=O) groups excluding carboxylic acids is 1. The molecule has 0 bridgehead atoms. The summed E-state index contributed by atoms with van der Waals surface area (Å²) in [7, 11) is 2.97. The number of hydrogen-bond donors (Lipinski definition) is 1. The summed E-state index contributed by atoms with van der Waals surface area (Å²) in [6, 6.07) is 7.23. The minimum absolute atomic E-state index is 0.144. The number of phenols is 1. The van der Waals surface area contributed by atoms with Crippen molar-refractivity contribution < 1.29 is 19.4 Å². The summed E-state index contributed by atoms with van der Waals surface area (Å²) in [5, 5.41) is 11.8. The molecule has 1 N–H and O–H groups in total. The van der Waals surface area contributed by atoms with Gasteiger partial charge in [0.1, 0.15) is 11.5 Å². The van der Waals surface area contributed by atoms with Gasteiger partial charge in [-0.15, -0.1) is 0 Å². The van der Waals surface area contributed by atoms with E-state index in [1.807, 2.05) is 25.1 Å². The van der Waals surface area contributed by atoms with E-state index in [0.717, 1.165) is 22.1 Å². The third-order valence-corrected chi connectivity index (χ3v) is 3.86. The van der Waals surface area contributed by atoms with Crippen LogP contribution in [0.25, 0.3) is 10.8 Å². The Hall–Kier alpha value is -2.23. The fraction of sp³-hybridized carbons (Fsp3) is 0.353. The van der Waals surface area contributed by atoms with Crippen LogP contribution in [-0.4, -0.2) is 25.3 Å². The van der Waals surface area contributed by atoms with Crippen LogP contribution >= 0.6 is 0 Å². The zero-order chi connectivity index (χ0) is 15.8. The number of hydrogen-bond acceptors (Lipinski definition) is 4. The molecule has 21 heavy (non-hydrogen) atoms. The second-order valence-electron chi connectivity index (χ2n) is 5.65. The van der Waals surface area contributed by atoms with Crippen molar-refractivity contribution in [3.63, 3.8) is 0 Å². The minimum Gasteiger partial charge on any atom is -0.507 e. The van der Waals surface area contributed by atoms with Crippen LogP contribution in [0.2, 0.25) is 0 Å². The van der Waals surface area contributed by atoms with Crippen LogP contribution in [0.3, 0.4) is 0 Å². The lowest BCUT2D eigenvalue weighted by atomic mass is 9.83. The van der Waals surface area contributed by atoms with Gasteiger partial charge in [-0.2, -0.15) is 0 Å². The number of methoxy groups -OCH3 is 2. The third kappa shape index (κ3) is 2.53. The van der Waals surface area contributed by atoms with E-state index in [9.17, 15) is 9.90 Å². The molecule has 0 spiro atoms. The van der Waals surface area contributed by atoms with E-state index in [1.54, 1.807) is 27.0 Å².